The van der Waals surface area contributed by atoms with Gasteiger partial charge >= 0.3 is 12.1 Å². The van der Waals surface area contributed by atoms with Crippen molar-refractivity contribution in [1.29, 1.82) is 0 Å². The fraction of sp³-hybridized carbons (Fsp3) is 0.450. The number of urea groups is 2. The number of benzene rings is 3. The van der Waals surface area contributed by atoms with E-state index in [1.165, 1.54) is 9.80 Å². The number of hydrogen-bond donors (Lipinski definition) is 5. The van der Waals surface area contributed by atoms with Crippen LogP contribution in [0.2, 0.25) is 0 Å². The van der Waals surface area contributed by atoms with Gasteiger partial charge < -0.3 is 35.6 Å². The van der Waals surface area contributed by atoms with Crippen molar-refractivity contribution in [3.63, 3.8) is 0 Å². The van der Waals surface area contributed by atoms with Crippen LogP contribution in [0.1, 0.15) is 56.8 Å². The van der Waals surface area contributed by atoms with Gasteiger partial charge in [-0.15, -0.1) is 0 Å². The van der Waals surface area contributed by atoms with Gasteiger partial charge in [-0.3, -0.25) is 15.0 Å². The number of rotatable bonds is 18. The van der Waals surface area contributed by atoms with E-state index >= 15 is 0 Å². The van der Waals surface area contributed by atoms with E-state index in [4.69, 9.17) is 4.74 Å². The summed E-state index contributed by atoms with van der Waals surface area (Å²) in [6.45, 7) is 8.26. The number of hydrogen-bond acceptors (Lipinski definition) is 7. The highest BCUT2D eigenvalue weighted by atomic mass is 16.5. The molecule has 0 radical (unpaired) electrons. The third kappa shape index (κ3) is 13.7. The van der Waals surface area contributed by atoms with Crippen LogP contribution in [0.25, 0.3) is 0 Å². The van der Waals surface area contributed by atoms with Crippen LogP contribution in [-0.4, -0.2) is 96.7 Å². The molecule has 6 amide bonds. The second-order valence-electron chi connectivity index (χ2n) is 14.2. The van der Waals surface area contributed by atoms with E-state index in [1.807, 2.05) is 113 Å². The van der Waals surface area contributed by atoms with E-state index in [2.05, 4.69) is 21.4 Å². The third-order valence-corrected chi connectivity index (χ3v) is 8.62. The molecule has 13 nitrogen and oxygen atoms in total. The Balaban J connectivity index is 1.83. The number of nitrogens with zero attached hydrogens (tertiary/aromatic N) is 3. The Morgan fingerprint density at radius 1 is 0.660 bits per heavy atom. The summed E-state index contributed by atoms with van der Waals surface area (Å²) in [7, 11) is 6.40. The molecule has 3 aromatic rings. The molecule has 0 spiro atoms. The molecule has 0 heterocycles. The maximum atomic E-state index is 13.7. The third-order valence-electron chi connectivity index (χ3n) is 8.62. The summed E-state index contributed by atoms with van der Waals surface area (Å²) >= 11 is 0. The number of carbonyl (C=O) groups excluding carboxylic acids is 4. The normalized spacial score (nSPS) is 13.4. The number of nitrogens with one attached hydrogen (secondary N) is 4. The molecule has 0 saturated carbocycles. The first-order valence-corrected chi connectivity index (χ1v) is 18.0. The number of carbonyl (C=O) groups is 4. The van der Waals surface area contributed by atoms with Crippen LogP contribution in [0, 0.1) is 11.8 Å². The lowest BCUT2D eigenvalue weighted by molar-refractivity contribution is -0.129. The van der Waals surface area contributed by atoms with Crippen LogP contribution in [-0.2, 0) is 22.7 Å². The smallest absolute Gasteiger partial charge is 0.317 e. The Morgan fingerprint density at radius 2 is 1.17 bits per heavy atom. The van der Waals surface area contributed by atoms with Gasteiger partial charge in [0.15, 0.2) is 0 Å². The topological polar surface area (TPSA) is 156 Å². The van der Waals surface area contributed by atoms with Gasteiger partial charge in [0.1, 0.15) is 24.4 Å². The zero-order chi connectivity index (χ0) is 39.1. The van der Waals surface area contributed by atoms with E-state index in [-0.39, 0.29) is 31.3 Å². The van der Waals surface area contributed by atoms with E-state index in [9.17, 15) is 24.3 Å². The zero-order valence-corrected chi connectivity index (χ0v) is 32.2. The van der Waals surface area contributed by atoms with Gasteiger partial charge in [-0.2, -0.15) is 0 Å². The summed E-state index contributed by atoms with van der Waals surface area (Å²) in [6, 6.07) is 23.2. The number of aliphatic hydroxyl groups excluding tert-OH is 1. The second-order valence-corrected chi connectivity index (χ2v) is 14.2. The molecule has 4 unspecified atom stereocenters. The predicted octanol–water partition coefficient (Wildman–Crippen LogP) is 4.30. The Labute approximate surface area is 314 Å². The zero-order valence-electron chi connectivity index (χ0n) is 32.2. The molecule has 0 aliphatic rings. The Hall–Kier alpha value is -5.14. The average Bonchev–Trinajstić information content (AvgIpc) is 3.13. The summed E-state index contributed by atoms with van der Waals surface area (Å²) in [5, 5.41) is 21.9. The molecule has 5 N–H and O–H groups in total. The molecule has 0 fully saturated rings. The number of hydrazine groups is 1. The van der Waals surface area contributed by atoms with Crippen LogP contribution >= 0.6 is 0 Å². The molecule has 13 heteroatoms. The fourth-order valence-corrected chi connectivity index (χ4v) is 5.41. The van der Waals surface area contributed by atoms with Crippen molar-refractivity contribution in [3.05, 3.63) is 102 Å². The van der Waals surface area contributed by atoms with Gasteiger partial charge in [0.2, 0.25) is 5.91 Å². The molecular weight excluding hydrogens is 674 g/mol. The SMILES string of the molecule is CC(C)C(NC(=O)N(C)C)C(=O)NC(c1ccccc1)C(O)CCN(Cc1ccc(OCc2ccccc2)cc1)NC(=O)C(NC(=O)N(C)C)C(C)C. The summed E-state index contributed by atoms with van der Waals surface area (Å²) < 4.78 is 5.95. The van der Waals surface area contributed by atoms with Crippen LogP contribution in [0.4, 0.5) is 9.59 Å². The van der Waals surface area contributed by atoms with Crippen LogP contribution in [0.3, 0.4) is 0 Å². The van der Waals surface area contributed by atoms with Crippen molar-refractivity contribution in [1.82, 2.24) is 36.2 Å². The van der Waals surface area contributed by atoms with Gasteiger partial charge in [0.25, 0.3) is 5.91 Å². The largest absolute Gasteiger partial charge is 0.489 e. The molecule has 0 aliphatic carbocycles. The van der Waals surface area contributed by atoms with Gasteiger partial charge in [-0.25, -0.2) is 14.6 Å². The first-order chi connectivity index (χ1) is 25.2. The van der Waals surface area contributed by atoms with Crippen molar-refractivity contribution >= 4 is 23.9 Å². The fourth-order valence-electron chi connectivity index (χ4n) is 5.41. The Bertz CT molecular complexity index is 1590. The van der Waals surface area contributed by atoms with E-state index in [0.29, 0.717) is 17.9 Å². The molecule has 0 bridgehead atoms. The van der Waals surface area contributed by atoms with Crippen LogP contribution in [0.5, 0.6) is 5.75 Å². The highest BCUT2D eigenvalue weighted by Gasteiger charge is 2.31. The number of amides is 6. The quantitative estimate of drug-likeness (QED) is 0.122. The summed E-state index contributed by atoms with van der Waals surface area (Å²) in [5.74, 6) is -0.587. The van der Waals surface area contributed by atoms with Crippen molar-refractivity contribution < 1.29 is 29.0 Å². The summed E-state index contributed by atoms with van der Waals surface area (Å²) in [6.07, 6.45) is -0.938. The van der Waals surface area contributed by atoms with Crippen molar-refractivity contribution in [2.24, 2.45) is 11.8 Å². The van der Waals surface area contributed by atoms with Crippen LogP contribution in [0.15, 0.2) is 84.9 Å². The molecule has 3 aromatic carbocycles. The molecule has 0 saturated heterocycles. The minimum atomic E-state index is -1.08. The monoisotopic (exact) mass is 731 g/mol. The van der Waals surface area contributed by atoms with Gasteiger partial charge in [0, 0.05) is 41.3 Å². The molecule has 0 aromatic heterocycles. The minimum absolute atomic E-state index is 0.144. The van der Waals surface area contributed by atoms with Gasteiger partial charge in [-0.05, 0) is 47.1 Å². The molecule has 53 heavy (non-hydrogen) atoms. The van der Waals surface area contributed by atoms with E-state index < -0.39 is 48.1 Å². The second kappa shape index (κ2) is 20.8. The standard InChI is InChI=1S/C40H57N7O6/c1-27(2)34(42-39(51)45(5)6)37(49)41-36(31-17-13-10-14-18-31)33(48)23-24-47(44-38(50)35(28(3)4)43-40(52)46(7)8)25-29-19-21-32(22-20-29)53-26-30-15-11-9-12-16-30/h9-22,27-28,33-36,48H,23-26H2,1-8H3,(H,41,49)(H,42,51)(H,43,52)(H,44,50). The molecule has 4 atom stereocenters. The molecular formula is C40H57N7O6. The van der Waals surface area contributed by atoms with Crippen molar-refractivity contribution in [3.8, 4) is 5.75 Å². The predicted molar refractivity (Wildman–Crippen MR) is 205 cm³/mol. The first kappa shape index (κ1) is 42.3. The molecule has 288 valence electrons. The highest BCUT2D eigenvalue weighted by molar-refractivity contribution is 5.88. The lowest BCUT2D eigenvalue weighted by atomic mass is 9.97. The highest BCUT2D eigenvalue weighted by Crippen LogP contribution is 2.22. The lowest BCUT2D eigenvalue weighted by Gasteiger charge is -2.32. The first-order valence-electron chi connectivity index (χ1n) is 18.0. The molecule has 3 rings (SSSR count). The summed E-state index contributed by atoms with van der Waals surface area (Å²) in [4.78, 5) is 55.0. The van der Waals surface area contributed by atoms with Gasteiger partial charge in [-0.1, -0.05) is 100 Å². The van der Waals surface area contributed by atoms with E-state index in [1.54, 1.807) is 33.2 Å². The van der Waals surface area contributed by atoms with Gasteiger partial charge in [0.05, 0.1) is 12.1 Å². The lowest BCUT2D eigenvalue weighted by Crippen LogP contribution is -2.56. The molecule has 0 aliphatic heterocycles. The van der Waals surface area contributed by atoms with E-state index in [0.717, 1.165) is 11.1 Å². The summed E-state index contributed by atoms with van der Waals surface area (Å²) in [5.41, 5.74) is 5.57. The van der Waals surface area contributed by atoms with Crippen LogP contribution < -0.4 is 26.1 Å². The van der Waals surface area contributed by atoms with Crippen molar-refractivity contribution in [2.75, 3.05) is 34.7 Å². The Kier molecular flexibility index (Phi) is 16.6. The number of ether oxygens (including phenoxy) is 1. The number of aliphatic hydroxyl groups is 1. The minimum Gasteiger partial charge on any atom is -0.489 e. The maximum absolute atomic E-state index is 13.7. The van der Waals surface area contributed by atoms with Crippen molar-refractivity contribution in [2.45, 2.75) is 71.5 Å². The Morgan fingerprint density at radius 3 is 1.68 bits per heavy atom. The average molecular weight is 732 g/mol. The maximum Gasteiger partial charge on any atom is 0.317 e.